The number of esters is 1. The zero-order valence-electron chi connectivity index (χ0n) is 11.8. The topological polar surface area (TPSA) is 48.3 Å². The minimum Gasteiger partial charge on any atom is -0.462 e. The molecule has 0 aliphatic heterocycles. The second-order valence-corrected chi connectivity index (χ2v) is 5.50. The van der Waals surface area contributed by atoms with Gasteiger partial charge in [-0.2, -0.15) is 0 Å². The van der Waals surface area contributed by atoms with Crippen LogP contribution in [0.2, 0.25) is 0 Å². The maximum Gasteiger partial charge on any atom is 0.340 e. The van der Waals surface area contributed by atoms with Gasteiger partial charge >= 0.3 is 5.97 Å². The van der Waals surface area contributed by atoms with Gasteiger partial charge in [-0.1, -0.05) is 6.07 Å². The number of aromatic nitrogens is 1. The molecule has 0 N–H and O–H groups in total. The molecule has 0 spiro atoms. The molecule has 2 rings (SSSR count). The third kappa shape index (κ3) is 2.54. The summed E-state index contributed by atoms with van der Waals surface area (Å²) in [5, 5.41) is 2.01. The Bertz CT molecular complexity index is 626. The number of ether oxygens (including phenoxy) is 1. The smallest absolute Gasteiger partial charge is 0.340 e. The first-order valence-corrected chi connectivity index (χ1v) is 7.32. The van der Waals surface area contributed by atoms with Gasteiger partial charge < -0.3 is 9.30 Å². The molecule has 106 valence electrons. The highest BCUT2D eigenvalue weighted by atomic mass is 32.1. The van der Waals surface area contributed by atoms with Crippen molar-refractivity contribution in [3.05, 3.63) is 44.9 Å². The highest BCUT2D eigenvalue weighted by Gasteiger charge is 2.23. The van der Waals surface area contributed by atoms with Crippen molar-refractivity contribution in [2.75, 3.05) is 6.61 Å². The molecule has 0 atom stereocenters. The SMILES string of the molecule is CCOC(=O)c1c(C=O)c(C)n(Cc2cccs2)c1C. The fourth-order valence-corrected chi connectivity index (χ4v) is 3.00. The van der Waals surface area contributed by atoms with Gasteiger partial charge in [0.05, 0.1) is 18.7 Å². The first-order chi connectivity index (χ1) is 9.60. The minimum atomic E-state index is -0.430. The molecule has 0 aromatic carbocycles. The Morgan fingerprint density at radius 3 is 2.70 bits per heavy atom. The minimum absolute atomic E-state index is 0.297. The fourth-order valence-electron chi connectivity index (χ4n) is 2.31. The van der Waals surface area contributed by atoms with Gasteiger partial charge in [-0.05, 0) is 32.2 Å². The largest absolute Gasteiger partial charge is 0.462 e. The van der Waals surface area contributed by atoms with Crippen LogP contribution in [0.15, 0.2) is 17.5 Å². The number of thiophene rings is 1. The lowest BCUT2D eigenvalue weighted by molar-refractivity contribution is 0.0523. The Balaban J connectivity index is 2.48. The third-order valence-electron chi connectivity index (χ3n) is 3.32. The summed E-state index contributed by atoms with van der Waals surface area (Å²) < 4.78 is 7.03. The first-order valence-electron chi connectivity index (χ1n) is 6.44. The van der Waals surface area contributed by atoms with E-state index in [0.717, 1.165) is 17.7 Å². The Hall–Kier alpha value is -1.88. The van der Waals surface area contributed by atoms with Crippen LogP contribution in [-0.2, 0) is 11.3 Å². The van der Waals surface area contributed by atoms with E-state index in [9.17, 15) is 9.59 Å². The summed E-state index contributed by atoms with van der Waals surface area (Å²) >= 11 is 1.65. The van der Waals surface area contributed by atoms with Crippen LogP contribution in [0.25, 0.3) is 0 Å². The molecule has 5 heteroatoms. The monoisotopic (exact) mass is 291 g/mol. The van der Waals surface area contributed by atoms with E-state index in [2.05, 4.69) is 0 Å². The maximum absolute atomic E-state index is 12.0. The number of carbonyl (C=O) groups is 2. The zero-order chi connectivity index (χ0) is 14.7. The molecule has 0 radical (unpaired) electrons. The van der Waals surface area contributed by atoms with Gasteiger partial charge in [0.1, 0.15) is 0 Å². The molecular weight excluding hydrogens is 274 g/mol. The fraction of sp³-hybridized carbons (Fsp3) is 0.333. The molecule has 2 aromatic heterocycles. The van der Waals surface area contributed by atoms with E-state index in [-0.39, 0.29) is 0 Å². The van der Waals surface area contributed by atoms with Gasteiger partial charge in [-0.3, -0.25) is 4.79 Å². The van der Waals surface area contributed by atoms with E-state index < -0.39 is 5.97 Å². The summed E-state index contributed by atoms with van der Waals surface area (Å²) in [5.74, 6) is -0.430. The molecule has 0 aliphatic carbocycles. The Morgan fingerprint density at radius 2 is 2.15 bits per heavy atom. The summed E-state index contributed by atoms with van der Waals surface area (Å²) in [4.78, 5) is 24.5. The second-order valence-electron chi connectivity index (χ2n) is 4.46. The van der Waals surface area contributed by atoms with Crippen molar-refractivity contribution in [2.45, 2.75) is 27.3 Å². The summed E-state index contributed by atoms with van der Waals surface area (Å²) in [7, 11) is 0. The van der Waals surface area contributed by atoms with Gasteiger partial charge in [-0.25, -0.2) is 4.79 Å². The van der Waals surface area contributed by atoms with E-state index in [0.29, 0.717) is 24.3 Å². The van der Waals surface area contributed by atoms with E-state index in [1.807, 2.05) is 35.9 Å². The molecule has 0 fully saturated rings. The average Bonchev–Trinajstić information content (AvgIpc) is 3.00. The summed E-state index contributed by atoms with van der Waals surface area (Å²) in [6, 6.07) is 4.02. The highest BCUT2D eigenvalue weighted by molar-refractivity contribution is 7.09. The number of nitrogens with zero attached hydrogens (tertiary/aromatic N) is 1. The average molecular weight is 291 g/mol. The lowest BCUT2D eigenvalue weighted by Crippen LogP contribution is -2.09. The summed E-state index contributed by atoms with van der Waals surface area (Å²) in [5.41, 5.74) is 2.39. The van der Waals surface area contributed by atoms with Gasteiger partial charge in [0.15, 0.2) is 6.29 Å². The Morgan fingerprint density at radius 1 is 1.40 bits per heavy atom. The predicted molar refractivity (Wildman–Crippen MR) is 78.7 cm³/mol. The lowest BCUT2D eigenvalue weighted by atomic mass is 10.1. The quantitative estimate of drug-likeness (QED) is 0.628. The molecule has 0 saturated heterocycles. The number of hydrogen-bond acceptors (Lipinski definition) is 4. The van der Waals surface area contributed by atoms with E-state index in [1.165, 1.54) is 4.88 Å². The van der Waals surface area contributed by atoms with Crippen molar-refractivity contribution < 1.29 is 14.3 Å². The van der Waals surface area contributed by atoms with Crippen LogP contribution in [0.5, 0.6) is 0 Å². The van der Waals surface area contributed by atoms with Crippen molar-refractivity contribution in [1.82, 2.24) is 4.57 Å². The number of carbonyl (C=O) groups excluding carboxylic acids is 2. The lowest BCUT2D eigenvalue weighted by Gasteiger charge is -2.08. The van der Waals surface area contributed by atoms with Crippen LogP contribution in [-0.4, -0.2) is 23.4 Å². The van der Waals surface area contributed by atoms with E-state index in [4.69, 9.17) is 4.74 Å². The van der Waals surface area contributed by atoms with Crippen molar-refractivity contribution in [3.63, 3.8) is 0 Å². The van der Waals surface area contributed by atoms with Crippen LogP contribution >= 0.6 is 11.3 Å². The Labute approximate surface area is 122 Å². The second kappa shape index (κ2) is 6.05. The van der Waals surface area contributed by atoms with Gasteiger partial charge in [0, 0.05) is 21.8 Å². The van der Waals surface area contributed by atoms with Crippen LogP contribution in [0.4, 0.5) is 0 Å². The van der Waals surface area contributed by atoms with Crippen molar-refractivity contribution in [2.24, 2.45) is 0 Å². The third-order valence-corrected chi connectivity index (χ3v) is 4.18. The normalized spacial score (nSPS) is 10.6. The molecule has 0 amide bonds. The molecule has 0 saturated carbocycles. The van der Waals surface area contributed by atoms with Crippen molar-refractivity contribution >= 4 is 23.6 Å². The molecule has 20 heavy (non-hydrogen) atoms. The van der Waals surface area contributed by atoms with Gasteiger partial charge in [0.25, 0.3) is 0 Å². The standard InChI is InChI=1S/C15H17NO3S/c1-4-19-15(18)14-11(3)16(10(2)13(14)9-17)8-12-6-5-7-20-12/h5-7,9H,4,8H2,1-3H3. The predicted octanol–water partition coefficient (Wildman–Crippen LogP) is 3.20. The molecule has 0 unspecified atom stereocenters. The maximum atomic E-state index is 12.0. The van der Waals surface area contributed by atoms with Crippen molar-refractivity contribution in [3.8, 4) is 0 Å². The van der Waals surface area contributed by atoms with Crippen LogP contribution in [0.3, 0.4) is 0 Å². The molecule has 0 aliphatic rings. The Kier molecular flexibility index (Phi) is 4.39. The van der Waals surface area contributed by atoms with E-state index in [1.54, 1.807) is 18.3 Å². The van der Waals surface area contributed by atoms with Crippen molar-refractivity contribution in [1.29, 1.82) is 0 Å². The van der Waals surface area contributed by atoms with E-state index >= 15 is 0 Å². The first kappa shape index (κ1) is 14.5. The molecule has 0 bridgehead atoms. The molecule has 4 nitrogen and oxygen atoms in total. The number of rotatable bonds is 5. The highest BCUT2D eigenvalue weighted by Crippen LogP contribution is 2.24. The number of aldehydes is 1. The van der Waals surface area contributed by atoms with Crippen LogP contribution in [0.1, 0.15) is 43.9 Å². The van der Waals surface area contributed by atoms with Gasteiger partial charge in [0.2, 0.25) is 0 Å². The summed E-state index contributed by atoms with van der Waals surface area (Å²) in [6.07, 6.45) is 0.736. The molecular formula is C15H17NO3S. The van der Waals surface area contributed by atoms with Crippen LogP contribution in [0, 0.1) is 13.8 Å². The molecule has 2 heterocycles. The van der Waals surface area contributed by atoms with Gasteiger partial charge in [-0.15, -0.1) is 11.3 Å². The van der Waals surface area contributed by atoms with Crippen LogP contribution < -0.4 is 0 Å². The zero-order valence-corrected chi connectivity index (χ0v) is 12.6. The summed E-state index contributed by atoms with van der Waals surface area (Å²) in [6.45, 7) is 6.41. The number of hydrogen-bond donors (Lipinski definition) is 0. The molecule has 2 aromatic rings.